The van der Waals surface area contributed by atoms with Crippen LogP contribution in [-0.2, 0) is 9.53 Å². The number of aryl methyl sites for hydroxylation is 1. The van der Waals surface area contributed by atoms with Gasteiger partial charge in [0.05, 0.1) is 19.3 Å². The Morgan fingerprint density at radius 2 is 1.75 bits per heavy atom. The number of nitrogens with one attached hydrogen (secondary N) is 1. The summed E-state index contributed by atoms with van der Waals surface area (Å²) in [6.45, 7) is 2.77. The normalized spacial score (nSPS) is 23.5. The highest BCUT2D eigenvalue weighted by Crippen LogP contribution is 2.39. The molecule has 44 heavy (non-hydrogen) atoms. The van der Waals surface area contributed by atoms with Crippen molar-refractivity contribution in [3.63, 3.8) is 0 Å². The molecule has 0 unspecified atom stereocenters. The number of anilines is 1. The van der Waals surface area contributed by atoms with E-state index >= 15 is 0 Å². The molecule has 0 spiro atoms. The van der Waals surface area contributed by atoms with Crippen LogP contribution in [0.5, 0.6) is 5.75 Å². The smallest absolute Gasteiger partial charge is 0.407 e. The number of benzene rings is 1. The SMILES string of the molecule is CNC(=O)OC1CCC(C(=O)N(CC2CCC(c3ccc(OC)c(C)c3)CC2)c2cc(-c3cnn(C4CC4)c3)ccn2)CC1. The monoisotopic (exact) mass is 599 g/mol. The third kappa shape index (κ3) is 6.92. The van der Waals surface area contributed by atoms with Gasteiger partial charge in [-0.1, -0.05) is 12.1 Å². The van der Waals surface area contributed by atoms with Crippen LogP contribution in [0, 0.1) is 18.8 Å². The van der Waals surface area contributed by atoms with Gasteiger partial charge in [-0.25, -0.2) is 9.78 Å². The maximum Gasteiger partial charge on any atom is 0.407 e. The summed E-state index contributed by atoms with van der Waals surface area (Å²) in [5, 5.41) is 7.11. The number of aromatic nitrogens is 3. The lowest BCUT2D eigenvalue weighted by Crippen LogP contribution is -2.42. The summed E-state index contributed by atoms with van der Waals surface area (Å²) >= 11 is 0. The molecule has 3 fully saturated rings. The van der Waals surface area contributed by atoms with E-state index in [1.807, 2.05) is 23.4 Å². The van der Waals surface area contributed by atoms with Crippen LogP contribution in [0.1, 0.15) is 87.3 Å². The van der Waals surface area contributed by atoms with Crippen molar-refractivity contribution in [2.75, 3.05) is 25.6 Å². The van der Waals surface area contributed by atoms with E-state index in [-0.39, 0.29) is 17.9 Å². The lowest BCUT2D eigenvalue weighted by atomic mass is 9.78. The summed E-state index contributed by atoms with van der Waals surface area (Å²) in [6.07, 6.45) is 14.8. The standard InChI is InChI=1S/C35H45N5O4/c1-23-18-27(10-15-32(23)43-3)25-6-4-24(5-7-25)21-39(34(41)26-8-13-31(14-9-26)44-35(42)36-2)33-19-28(16-17-37-33)29-20-38-40(22-29)30-11-12-30/h10,15-20,22,24-26,30-31H,4-9,11-14,21H2,1-3H3,(H,36,42). The van der Waals surface area contributed by atoms with Crippen molar-refractivity contribution < 1.29 is 19.1 Å². The Labute approximate surface area is 260 Å². The number of pyridine rings is 1. The quantitative estimate of drug-likeness (QED) is 0.290. The fourth-order valence-electron chi connectivity index (χ4n) is 7.02. The van der Waals surface area contributed by atoms with Crippen LogP contribution < -0.4 is 15.0 Å². The molecule has 2 amide bonds. The predicted molar refractivity (Wildman–Crippen MR) is 170 cm³/mol. The third-order valence-corrected chi connectivity index (χ3v) is 9.82. The second-order valence-corrected chi connectivity index (χ2v) is 12.9. The van der Waals surface area contributed by atoms with Gasteiger partial charge in [-0.3, -0.25) is 14.4 Å². The lowest BCUT2D eigenvalue weighted by Gasteiger charge is -2.35. The lowest BCUT2D eigenvalue weighted by molar-refractivity contribution is -0.124. The van der Waals surface area contributed by atoms with Gasteiger partial charge >= 0.3 is 6.09 Å². The number of alkyl carbamates (subject to hydrolysis) is 1. The van der Waals surface area contributed by atoms with E-state index in [2.05, 4.69) is 52.5 Å². The van der Waals surface area contributed by atoms with Crippen molar-refractivity contribution in [2.24, 2.45) is 11.8 Å². The Hall–Kier alpha value is -3.88. The summed E-state index contributed by atoms with van der Waals surface area (Å²) in [7, 11) is 3.29. The van der Waals surface area contributed by atoms with Crippen LogP contribution in [0.3, 0.4) is 0 Å². The van der Waals surface area contributed by atoms with Crippen LogP contribution in [0.4, 0.5) is 10.6 Å². The minimum atomic E-state index is -0.409. The van der Waals surface area contributed by atoms with Crippen molar-refractivity contribution in [3.8, 4) is 16.9 Å². The van der Waals surface area contributed by atoms with Gasteiger partial charge in [0.25, 0.3) is 0 Å². The number of ether oxygens (including phenoxy) is 2. The number of carbonyl (C=O) groups is 2. The van der Waals surface area contributed by atoms with E-state index in [1.165, 1.54) is 24.0 Å². The summed E-state index contributed by atoms with van der Waals surface area (Å²) in [5.41, 5.74) is 4.63. The van der Waals surface area contributed by atoms with E-state index in [1.54, 1.807) is 14.2 Å². The number of nitrogens with zero attached hydrogens (tertiary/aromatic N) is 4. The molecule has 2 heterocycles. The zero-order valence-electron chi connectivity index (χ0n) is 26.2. The molecule has 0 bridgehead atoms. The second kappa shape index (κ2) is 13.4. The molecule has 2 aromatic heterocycles. The second-order valence-electron chi connectivity index (χ2n) is 12.9. The molecule has 234 valence electrons. The largest absolute Gasteiger partial charge is 0.496 e. The fraction of sp³-hybridized carbons (Fsp3) is 0.543. The molecule has 6 rings (SSSR count). The molecule has 3 aliphatic rings. The Kier molecular flexibility index (Phi) is 9.19. The highest BCUT2D eigenvalue weighted by atomic mass is 16.6. The minimum Gasteiger partial charge on any atom is -0.496 e. The number of methoxy groups -OCH3 is 1. The highest BCUT2D eigenvalue weighted by molar-refractivity contribution is 5.94. The molecule has 3 aliphatic carbocycles. The van der Waals surface area contributed by atoms with Gasteiger partial charge in [0, 0.05) is 37.5 Å². The van der Waals surface area contributed by atoms with E-state index in [0.717, 1.165) is 42.6 Å². The number of amides is 2. The topological polar surface area (TPSA) is 98.6 Å². The molecular formula is C35H45N5O4. The maximum atomic E-state index is 14.2. The average Bonchev–Trinajstić information content (AvgIpc) is 3.79. The van der Waals surface area contributed by atoms with E-state index in [4.69, 9.17) is 14.5 Å². The first-order valence-electron chi connectivity index (χ1n) is 16.3. The first kappa shape index (κ1) is 30.2. The van der Waals surface area contributed by atoms with Crippen molar-refractivity contribution in [2.45, 2.75) is 89.2 Å². The predicted octanol–water partition coefficient (Wildman–Crippen LogP) is 6.82. The molecule has 3 aromatic rings. The molecule has 1 aromatic carbocycles. The van der Waals surface area contributed by atoms with Gasteiger partial charge in [-0.15, -0.1) is 0 Å². The summed E-state index contributed by atoms with van der Waals surface area (Å²) < 4.78 is 13.0. The Balaban J connectivity index is 1.17. The van der Waals surface area contributed by atoms with E-state index < -0.39 is 6.09 Å². The van der Waals surface area contributed by atoms with Crippen molar-refractivity contribution in [1.29, 1.82) is 0 Å². The number of carbonyl (C=O) groups excluding carboxylic acids is 2. The van der Waals surface area contributed by atoms with Gasteiger partial charge in [-0.05, 0) is 118 Å². The van der Waals surface area contributed by atoms with Crippen molar-refractivity contribution in [3.05, 3.63) is 60.0 Å². The molecule has 0 saturated heterocycles. The van der Waals surface area contributed by atoms with Crippen LogP contribution in [0.2, 0.25) is 0 Å². The zero-order chi connectivity index (χ0) is 30.6. The summed E-state index contributed by atoms with van der Waals surface area (Å²) in [5.74, 6) is 2.60. The van der Waals surface area contributed by atoms with Crippen LogP contribution in [-0.4, -0.2) is 53.6 Å². The van der Waals surface area contributed by atoms with Gasteiger partial charge in [0.1, 0.15) is 17.7 Å². The van der Waals surface area contributed by atoms with Crippen molar-refractivity contribution in [1.82, 2.24) is 20.1 Å². The molecular weight excluding hydrogens is 554 g/mol. The fourth-order valence-corrected chi connectivity index (χ4v) is 7.02. The molecule has 0 atom stereocenters. The van der Waals surface area contributed by atoms with Gasteiger partial charge in [0.2, 0.25) is 5.91 Å². The van der Waals surface area contributed by atoms with Crippen LogP contribution >= 0.6 is 0 Å². The van der Waals surface area contributed by atoms with E-state index in [0.29, 0.717) is 55.9 Å². The number of hydrogen-bond acceptors (Lipinski definition) is 6. The minimum absolute atomic E-state index is 0.110. The maximum absolute atomic E-state index is 14.2. The molecule has 0 aliphatic heterocycles. The highest BCUT2D eigenvalue weighted by Gasteiger charge is 2.34. The Morgan fingerprint density at radius 1 is 0.977 bits per heavy atom. The first-order valence-corrected chi connectivity index (χ1v) is 16.3. The Bertz CT molecular complexity index is 1450. The van der Waals surface area contributed by atoms with Crippen molar-refractivity contribution >= 4 is 17.8 Å². The molecule has 1 N–H and O–H groups in total. The third-order valence-electron chi connectivity index (χ3n) is 9.82. The molecule has 3 saturated carbocycles. The average molecular weight is 600 g/mol. The van der Waals surface area contributed by atoms with Gasteiger partial charge in [0.15, 0.2) is 0 Å². The van der Waals surface area contributed by atoms with Crippen LogP contribution in [0.15, 0.2) is 48.9 Å². The number of hydrogen-bond donors (Lipinski definition) is 1. The number of rotatable bonds is 9. The first-order chi connectivity index (χ1) is 21.4. The van der Waals surface area contributed by atoms with E-state index in [9.17, 15) is 9.59 Å². The van der Waals surface area contributed by atoms with Crippen LogP contribution in [0.25, 0.3) is 11.1 Å². The molecule has 9 heteroatoms. The van der Waals surface area contributed by atoms with Gasteiger partial charge in [-0.2, -0.15) is 5.10 Å². The summed E-state index contributed by atoms with van der Waals surface area (Å²) in [4.78, 5) is 32.7. The summed E-state index contributed by atoms with van der Waals surface area (Å²) in [6, 6.07) is 11.1. The molecule has 9 nitrogen and oxygen atoms in total. The zero-order valence-corrected chi connectivity index (χ0v) is 26.2. The Morgan fingerprint density at radius 3 is 2.43 bits per heavy atom. The van der Waals surface area contributed by atoms with Gasteiger partial charge < -0.3 is 14.8 Å². The molecule has 0 radical (unpaired) electrons.